The van der Waals surface area contributed by atoms with E-state index in [4.69, 9.17) is 10.2 Å². The van der Waals surface area contributed by atoms with Crippen molar-refractivity contribution in [1.82, 2.24) is 5.32 Å². The standard InChI is InChI=1S/C29H44N2O5/c1-17(2)24(30)25(33)31-19-7-11-26(3)21-8-12-27(4)20(18-5-6-23(32)36-16-18)10-14-29(27,35)22(21)9-13-28(26,34)15-19/h5-6,16-17,19-22,24,34-35H,7-15,30H2,1-4H3,(H,31,33). The summed E-state index contributed by atoms with van der Waals surface area (Å²) >= 11 is 0. The highest BCUT2D eigenvalue weighted by Crippen LogP contribution is 2.71. The molecule has 1 heterocycles. The van der Waals surface area contributed by atoms with Gasteiger partial charge in [0.2, 0.25) is 5.91 Å². The number of fused-ring (bicyclic) bond motifs is 5. The van der Waals surface area contributed by atoms with Crippen LogP contribution in [0.15, 0.2) is 27.6 Å². The van der Waals surface area contributed by atoms with Crippen molar-refractivity contribution in [3.8, 4) is 0 Å². The lowest BCUT2D eigenvalue weighted by atomic mass is 9.42. The second-order valence-corrected chi connectivity index (χ2v) is 13.3. The molecule has 1 aromatic rings. The Labute approximate surface area is 214 Å². The minimum atomic E-state index is -0.864. The Morgan fingerprint density at radius 1 is 1.03 bits per heavy atom. The highest BCUT2D eigenvalue weighted by molar-refractivity contribution is 5.82. The Hall–Kier alpha value is -1.70. The first-order valence-electron chi connectivity index (χ1n) is 13.9. The van der Waals surface area contributed by atoms with Crippen molar-refractivity contribution in [3.05, 3.63) is 34.4 Å². The van der Waals surface area contributed by atoms with Gasteiger partial charge in [-0.3, -0.25) is 4.79 Å². The van der Waals surface area contributed by atoms with Crippen molar-refractivity contribution >= 4 is 5.91 Å². The van der Waals surface area contributed by atoms with Crippen molar-refractivity contribution in [1.29, 1.82) is 0 Å². The van der Waals surface area contributed by atoms with Gasteiger partial charge in [-0.15, -0.1) is 0 Å². The summed E-state index contributed by atoms with van der Waals surface area (Å²) in [6, 6.07) is 2.73. The molecule has 1 amide bonds. The minimum absolute atomic E-state index is 0.0665. The molecule has 4 aliphatic carbocycles. The second-order valence-electron chi connectivity index (χ2n) is 13.3. The molecule has 0 radical (unpaired) electrons. The van der Waals surface area contributed by atoms with Gasteiger partial charge in [-0.05, 0) is 98.5 Å². The van der Waals surface area contributed by atoms with Crippen LogP contribution < -0.4 is 16.7 Å². The van der Waals surface area contributed by atoms with Gasteiger partial charge in [-0.1, -0.05) is 27.7 Å². The Morgan fingerprint density at radius 3 is 2.39 bits per heavy atom. The molecule has 4 aliphatic rings. The van der Waals surface area contributed by atoms with Gasteiger partial charge in [0, 0.05) is 17.5 Å². The average Bonchev–Trinajstić information content (AvgIpc) is 3.11. The summed E-state index contributed by atoms with van der Waals surface area (Å²) in [5, 5.41) is 27.6. The zero-order valence-corrected chi connectivity index (χ0v) is 22.3. The van der Waals surface area contributed by atoms with E-state index in [1.807, 2.05) is 19.9 Å². The molecule has 7 heteroatoms. The van der Waals surface area contributed by atoms with Crippen LogP contribution in [0.2, 0.25) is 0 Å². The fourth-order valence-electron chi connectivity index (χ4n) is 9.05. The fourth-order valence-corrected chi connectivity index (χ4v) is 9.05. The van der Waals surface area contributed by atoms with Crippen LogP contribution in [0.1, 0.15) is 97.0 Å². The predicted octanol–water partition coefficient (Wildman–Crippen LogP) is 3.46. The number of hydrogen-bond donors (Lipinski definition) is 4. The maximum atomic E-state index is 12.6. The largest absolute Gasteiger partial charge is 0.431 e. The van der Waals surface area contributed by atoms with Gasteiger partial charge in [0.15, 0.2) is 0 Å². The van der Waals surface area contributed by atoms with E-state index in [1.165, 1.54) is 6.07 Å². The first-order valence-corrected chi connectivity index (χ1v) is 13.9. The predicted molar refractivity (Wildman–Crippen MR) is 137 cm³/mol. The smallest absolute Gasteiger partial charge is 0.335 e. The molecule has 1 aromatic heterocycles. The summed E-state index contributed by atoms with van der Waals surface area (Å²) in [6.07, 6.45) is 8.63. The zero-order valence-electron chi connectivity index (χ0n) is 22.3. The van der Waals surface area contributed by atoms with Crippen LogP contribution in [0.3, 0.4) is 0 Å². The highest BCUT2D eigenvalue weighted by atomic mass is 16.4. The first-order chi connectivity index (χ1) is 16.8. The molecular formula is C29H44N2O5. The van der Waals surface area contributed by atoms with Gasteiger partial charge in [0.1, 0.15) is 0 Å². The van der Waals surface area contributed by atoms with Crippen LogP contribution in [-0.4, -0.2) is 39.4 Å². The lowest BCUT2D eigenvalue weighted by Gasteiger charge is -2.66. The van der Waals surface area contributed by atoms with Gasteiger partial charge in [-0.2, -0.15) is 0 Å². The lowest BCUT2D eigenvalue weighted by Crippen LogP contribution is -2.68. The Morgan fingerprint density at radius 2 is 1.72 bits per heavy atom. The van der Waals surface area contributed by atoms with E-state index in [0.717, 1.165) is 50.5 Å². The van der Waals surface area contributed by atoms with Crippen molar-refractivity contribution < 1.29 is 19.4 Å². The molecule has 0 aliphatic heterocycles. The van der Waals surface area contributed by atoms with Crippen molar-refractivity contribution in [3.63, 3.8) is 0 Å². The average molecular weight is 501 g/mol. The summed E-state index contributed by atoms with van der Waals surface area (Å²) in [6.45, 7) is 8.34. The molecule has 36 heavy (non-hydrogen) atoms. The molecule has 9 atom stereocenters. The van der Waals surface area contributed by atoms with Crippen molar-refractivity contribution in [2.75, 3.05) is 0 Å². The SMILES string of the molecule is CC(C)C(N)C(=O)NC1CCC2(C)C3CCC4(C)C(c5ccc(=O)oc5)CCC4(O)C3CCC2(O)C1. The van der Waals surface area contributed by atoms with Gasteiger partial charge in [-0.25, -0.2) is 4.79 Å². The second kappa shape index (κ2) is 8.67. The summed E-state index contributed by atoms with van der Waals surface area (Å²) in [7, 11) is 0. The third kappa shape index (κ3) is 3.64. The molecule has 4 fully saturated rings. The maximum absolute atomic E-state index is 12.6. The first kappa shape index (κ1) is 25.9. The Bertz CT molecular complexity index is 1050. The molecule has 200 valence electrons. The fraction of sp³-hybridized carbons (Fsp3) is 0.793. The van der Waals surface area contributed by atoms with Crippen LogP contribution in [0, 0.1) is 28.6 Å². The van der Waals surface area contributed by atoms with E-state index in [9.17, 15) is 19.8 Å². The summed E-state index contributed by atoms with van der Waals surface area (Å²) in [5.41, 5.74) is 4.45. The van der Waals surface area contributed by atoms with Crippen LogP contribution in [0.5, 0.6) is 0 Å². The molecule has 5 N–H and O–H groups in total. The van der Waals surface area contributed by atoms with E-state index >= 15 is 0 Å². The molecule has 0 aromatic carbocycles. The van der Waals surface area contributed by atoms with Crippen LogP contribution in [-0.2, 0) is 4.79 Å². The number of rotatable bonds is 4. The quantitative estimate of drug-likeness (QED) is 0.502. The van der Waals surface area contributed by atoms with Crippen LogP contribution in [0.4, 0.5) is 0 Å². The molecule has 5 rings (SSSR count). The lowest BCUT2D eigenvalue weighted by molar-refractivity contribution is -0.247. The van der Waals surface area contributed by atoms with Crippen LogP contribution in [0.25, 0.3) is 0 Å². The van der Waals surface area contributed by atoms with Gasteiger partial charge >= 0.3 is 5.63 Å². The highest BCUT2D eigenvalue weighted by Gasteiger charge is 2.69. The molecule has 4 saturated carbocycles. The summed E-state index contributed by atoms with van der Waals surface area (Å²) in [4.78, 5) is 24.1. The third-order valence-electron chi connectivity index (χ3n) is 11.5. The number of nitrogens with two attached hydrogens (primary N) is 1. The maximum Gasteiger partial charge on any atom is 0.335 e. The minimum Gasteiger partial charge on any atom is -0.431 e. The van der Waals surface area contributed by atoms with E-state index in [2.05, 4.69) is 19.2 Å². The van der Waals surface area contributed by atoms with E-state index in [-0.39, 0.29) is 52.1 Å². The molecule has 0 saturated heterocycles. The number of aliphatic hydroxyl groups is 2. The molecular weight excluding hydrogens is 456 g/mol. The Balaban J connectivity index is 1.37. The number of nitrogens with one attached hydrogen (secondary N) is 1. The monoisotopic (exact) mass is 500 g/mol. The molecule has 0 bridgehead atoms. The Kier molecular flexibility index (Phi) is 6.24. The van der Waals surface area contributed by atoms with Gasteiger partial charge in [0.25, 0.3) is 0 Å². The number of carbonyl (C=O) groups is 1. The van der Waals surface area contributed by atoms with E-state index in [0.29, 0.717) is 12.8 Å². The topological polar surface area (TPSA) is 126 Å². The van der Waals surface area contributed by atoms with Gasteiger partial charge < -0.3 is 25.7 Å². The van der Waals surface area contributed by atoms with Crippen molar-refractivity contribution in [2.45, 2.75) is 115 Å². The normalized spacial score (nSPS) is 44.9. The molecule has 9 unspecified atom stereocenters. The summed E-state index contributed by atoms with van der Waals surface area (Å²) < 4.78 is 5.19. The molecule has 7 nitrogen and oxygen atoms in total. The van der Waals surface area contributed by atoms with Gasteiger partial charge in [0.05, 0.1) is 23.5 Å². The number of hydrogen-bond acceptors (Lipinski definition) is 6. The number of carbonyl (C=O) groups excluding carboxylic acids is 1. The van der Waals surface area contributed by atoms with E-state index < -0.39 is 17.2 Å². The zero-order chi connectivity index (χ0) is 26.1. The third-order valence-corrected chi connectivity index (χ3v) is 11.5. The van der Waals surface area contributed by atoms with E-state index in [1.54, 1.807) is 6.26 Å². The van der Waals surface area contributed by atoms with Crippen molar-refractivity contribution in [2.24, 2.45) is 34.3 Å². The molecule has 0 spiro atoms. The summed E-state index contributed by atoms with van der Waals surface area (Å²) in [5.74, 6) is 0.445. The number of amides is 1. The van der Waals surface area contributed by atoms with Crippen LogP contribution >= 0.6 is 0 Å².